The minimum Gasteiger partial charge on any atom is -0.494 e. The van der Waals surface area contributed by atoms with Gasteiger partial charge in [0.15, 0.2) is 0 Å². The molecule has 0 radical (unpaired) electrons. The molecule has 17 heavy (non-hydrogen) atoms. The summed E-state index contributed by atoms with van der Waals surface area (Å²) >= 11 is 5.90. The highest BCUT2D eigenvalue weighted by molar-refractivity contribution is 6.33. The number of ether oxygens (including phenoxy) is 1. The van der Waals surface area contributed by atoms with Gasteiger partial charge >= 0.3 is 0 Å². The molecule has 0 unspecified atom stereocenters. The Morgan fingerprint density at radius 3 is 2.59 bits per heavy atom. The third-order valence-corrected chi connectivity index (χ3v) is 2.82. The molecule has 2 aromatic carbocycles. The molecule has 88 valence electrons. The number of nitrogen functional groups attached to an aromatic ring is 1. The first-order valence-corrected chi connectivity index (χ1v) is 5.86. The Balaban J connectivity index is 2.38. The quantitative estimate of drug-likeness (QED) is 0.833. The summed E-state index contributed by atoms with van der Waals surface area (Å²) < 4.78 is 5.46. The topological polar surface area (TPSA) is 35.2 Å². The molecule has 0 bridgehead atoms. The van der Waals surface area contributed by atoms with Crippen molar-refractivity contribution < 1.29 is 4.74 Å². The number of anilines is 1. The standard InChI is InChI=1S/C14H14ClNO/c1-2-17-12-5-3-4-10(8-12)11-6-7-13(15)14(16)9-11/h3-9H,2,16H2,1H3. The molecule has 2 aromatic rings. The van der Waals surface area contributed by atoms with E-state index in [0.717, 1.165) is 16.9 Å². The van der Waals surface area contributed by atoms with Gasteiger partial charge in [-0.05, 0) is 42.3 Å². The van der Waals surface area contributed by atoms with Crippen molar-refractivity contribution in [3.05, 3.63) is 47.5 Å². The molecule has 0 atom stereocenters. The first kappa shape index (κ1) is 11.8. The van der Waals surface area contributed by atoms with Crippen LogP contribution in [0.15, 0.2) is 42.5 Å². The number of rotatable bonds is 3. The first-order chi connectivity index (χ1) is 8.20. The summed E-state index contributed by atoms with van der Waals surface area (Å²) in [6.45, 7) is 2.62. The van der Waals surface area contributed by atoms with E-state index in [9.17, 15) is 0 Å². The van der Waals surface area contributed by atoms with E-state index in [-0.39, 0.29) is 0 Å². The molecule has 0 aromatic heterocycles. The third-order valence-electron chi connectivity index (χ3n) is 2.47. The zero-order chi connectivity index (χ0) is 12.3. The van der Waals surface area contributed by atoms with Crippen molar-refractivity contribution in [2.45, 2.75) is 6.92 Å². The van der Waals surface area contributed by atoms with E-state index in [2.05, 4.69) is 0 Å². The van der Waals surface area contributed by atoms with Crippen molar-refractivity contribution in [3.8, 4) is 16.9 Å². The molecule has 0 fully saturated rings. The van der Waals surface area contributed by atoms with Crippen molar-refractivity contribution in [3.63, 3.8) is 0 Å². The lowest BCUT2D eigenvalue weighted by Crippen LogP contribution is -1.91. The molecule has 0 aliphatic heterocycles. The molecule has 0 heterocycles. The van der Waals surface area contributed by atoms with Gasteiger partial charge in [0.1, 0.15) is 5.75 Å². The van der Waals surface area contributed by atoms with Crippen LogP contribution in [0.1, 0.15) is 6.92 Å². The number of halogens is 1. The highest BCUT2D eigenvalue weighted by Crippen LogP contribution is 2.28. The number of hydrogen-bond donors (Lipinski definition) is 1. The Bertz CT molecular complexity index is 525. The van der Waals surface area contributed by atoms with Gasteiger partial charge in [-0.2, -0.15) is 0 Å². The lowest BCUT2D eigenvalue weighted by molar-refractivity contribution is 0.340. The highest BCUT2D eigenvalue weighted by Gasteiger charge is 2.02. The van der Waals surface area contributed by atoms with E-state index in [1.807, 2.05) is 43.3 Å². The average Bonchev–Trinajstić information content (AvgIpc) is 2.33. The molecule has 0 saturated carbocycles. The van der Waals surface area contributed by atoms with Crippen molar-refractivity contribution in [1.82, 2.24) is 0 Å². The highest BCUT2D eigenvalue weighted by atomic mass is 35.5. The normalized spacial score (nSPS) is 10.2. The number of nitrogens with two attached hydrogens (primary N) is 1. The minimum absolute atomic E-state index is 0.578. The van der Waals surface area contributed by atoms with Crippen LogP contribution in [-0.2, 0) is 0 Å². The molecule has 0 amide bonds. The second-order valence-electron chi connectivity index (χ2n) is 3.70. The fourth-order valence-electron chi connectivity index (χ4n) is 1.66. The molecule has 3 heteroatoms. The van der Waals surface area contributed by atoms with Crippen molar-refractivity contribution in [1.29, 1.82) is 0 Å². The Labute approximate surface area is 106 Å². The zero-order valence-electron chi connectivity index (χ0n) is 9.61. The fourth-order valence-corrected chi connectivity index (χ4v) is 1.77. The Hall–Kier alpha value is -1.67. The van der Waals surface area contributed by atoms with E-state index < -0.39 is 0 Å². The van der Waals surface area contributed by atoms with Crippen LogP contribution in [0.2, 0.25) is 5.02 Å². The summed E-state index contributed by atoms with van der Waals surface area (Å²) in [5.74, 6) is 0.860. The van der Waals surface area contributed by atoms with E-state index in [0.29, 0.717) is 17.3 Å². The second-order valence-corrected chi connectivity index (χ2v) is 4.10. The summed E-state index contributed by atoms with van der Waals surface area (Å²) in [5.41, 5.74) is 8.48. The minimum atomic E-state index is 0.578. The Kier molecular flexibility index (Phi) is 3.55. The summed E-state index contributed by atoms with van der Waals surface area (Å²) in [6, 6.07) is 13.5. The van der Waals surface area contributed by atoms with Gasteiger partial charge in [-0.3, -0.25) is 0 Å². The maximum absolute atomic E-state index is 5.90. The van der Waals surface area contributed by atoms with Gasteiger partial charge in [0.05, 0.1) is 17.3 Å². The second kappa shape index (κ2) is 5.11. The third kappa shape index (κ3) is 2.71. The van der Waals surface area contributed by atoms with Crippen LogP contribution in [0, 0.1) is 0 Å². The average molecular weight is 248 g/mol. The molecule has 0 aliphatic carbocycles. The van der Waals surface area contributed by atoms with Gasteiger partial charge in [-0.25, -0.2) is 0 Å². The van der Waals surface area contributed by atoms with Crippen LogP contribution in [0.3, 0.4) is 0 Å². The summed E-state index contributed by atoms with van der Waals surface area (Å²) in [7, 11) is 0. The SMILES string of the molecule is CCOc1cccc(-c2ccc(Cl)c(N)c2)c1. The van der Waals surface area contributed by atoms with Crippen molar-refractivity contribution in [2.24, 2.45) is 0 Å². The van der Waals surface area contributed by atoms with Crippen molar-refractivity contribution >= 4 is 17.3 Å². The van der Waals surface area contributed by atoms with Crippen LogP contribution in [0.25, 0.3) is 11.1 Å². The van der Waals surface area contributed by atoms with Crippen LogP contribution in [-0.4, -0.2) is 6.61 Å². The molecule has 2 N–H and O–H groups in total. The van der Waals surface area contributed by atoms with Gasteiger partial charge in [0.25, 0.3) is 0 Å². The van der Waals surface area contributed by atoms with Gasteiger partial charge in [-0.15, -0.1) is 0 Å². The summed E-state index contributed by atoms with van der Waals surface area (Å²) in [5, 5.41) is 0.578. The Morgan fingerprint density at radius 2 is 1.88 bits per heavy atom. The predicted octanol–water partition coefficient (Wildman–Crippen LogP) is 3.99. The smallest absolute Gasteiger partial charge is 0.119 e. The van der Waals surface area contributed by atoms with E-state index >= 15 is 0 Å². The van der Waals surface area contributed by atoms with Crippen LogP contribution in [0.5, 0.6) is 5.75 Å². The van der Waals surface area contributed by atoms with Gasteiger partial charge in [0.2, 0.25) is 0 Å². The molecule has 2 nitrogen and oxygen atoms in total. The predicted molar refractivity (Wildman–Crippen MR) is 72.5 cm³/mol. The largest absolute Gasteiger partial charge is 0.494 e. The summed E-state index contributed by atoms with van der Waals surface area (Å²) in [4.78, 5) is 0. The van der Waals surface area contributed by atoms with E-state index in [4.69, 9.17) is 22.1 Å². The van der Waals surface area contributed by atoms with Gasteiger partial charge in [-0.1, -0.05) is 29.8 Å². The molecule has 2 rings (SSSR count). The van der Waals surface area contributed by atoms with Crippen LogP contribution in [0.4, 0.5) is 5.69 Å². The van der Waals surface area contributed by atoms with Crippen LogP contribution < -0.4 is 10.5 Å². The zero-order valence-corrected chi connectivity index (χ0v) is 10.4. The van der Waals surface area contributed by atoms with Crippen molar-refractivity contribution in [2.75, 3.05) is 12.3 Å². The van der Waals surface area contributed by atoms with Crippen LogP contribution >= 0.6 is 11.6 Å². The van der Waals surface area contributed by atoms with Gasteiger partial charge < -0.3 is 10.5 Å². The molecular formula is C14H14ClNO. The number of hydrogen-bond acceptors (Lipinski definition) is 2. The fraction of sp³-hybridized carbons (Fsp3) is 0.143. The summed E-state index contributed by atoms with van der Waals surface area (Å²) in [6.07, 6.45) is 0. The molecule has 0 saturated heterocycles. The monoisotopic (exact) mass is 247 g/mol. The van der Waals surface area contributed by atoms with E-state index in [1.54, 1.807) is 6.07 Å². The molecule has 0 aliphatic rings. The number of benzene rings is 2. The maximum Gasteiger partial charge on any atom is 0.119 e. The molecular weight excluding hydrogens is 234 g/mol. The molecule has 0 spiro atoms. The lowest BCUT2D eigenvalue weighted by atomic mass is 10.1. The first-order valence-electron chi connectivity index (χ1n) is 5.49. The van der Waals surface area contributed by atoms with Gasteiger partial charge in [0, 0.05) is 0 Å². The lowest BCUT2D eigenvalue weighted by Gasteiger charge is -2.07. The Morgan fingerprint density at radius 1 is 1.12 bits per heavy atom. The maximum atomic E-state index is 5.90. The van der Waals surface area contributed by atoms with E-state index in [1.165, 1.54) is 0 Å².